The van der Waals surface area contributed by atoms with Crippen molar-refractivity contribution >= 4 is 5.84 Å². The van der Waals surface area contributed by atoms with Crippen molar-refractivity contribution in [3.05, 3.63) is 0 Å². The van der Waals surface area contributed by atoms with E-state index in [2.05, 4.69) is 17.2 Å². The number of rotatable bonds is 2. The van der Waals surface area contributed by atoms with Gasteiger partial charge in [0.05, 0.1) is 12.4 Å². The smallest absolute Gasteiger partial charge is 0.0907 e. The molecule has 0 saturated carbocycles. The Morgan fingerprint density at radius 3 is 2.73 bits per heavy atom. The van der Waals surface area contributed by atoms with Crippen molar-refractivity contribution in [3.8, 4) is 11.8 Å². The largest absolute Gasteiger partial charge is 0.363 e. The molecule has 0 aliphatic heterocycles. The number of nitrogens with one attached hydrogen (secondary N) is 2. The molecule has 0 aromatic carbocycles. The molecule has 1 atom stereocenters. The van der Waals surface area contributed by atoms with E-state index < -0.39 is 0 Å². The molecule has 0 heterocycles. The lowest BCUT2D eigenvalue weighted by Crippen LogP contribution is -2.19. The summed E-state index contributed by atoms with van der Waals surface area (Å²) in [5.74, 6) is 6.22. The van der Waals surface area contributed by atoms with Crippen molar-refractivity contribution < 1.29 is 0 Å². The Morgan fingerprint density at radius 1 is 1.64 bits per heavy atom. The molecule has 0 saturated heterocycles. The first-order chi connectivity index (χ1) is 5.13. The normalized spacial score (nSPS) is 11.2. The zero-order chi connectivity index (χ0) is 8.69. The van der Waals surface area contributed by atoms with E-state index in [1.165, 1.54) is 0 Å². The molecule has 0 aliphatic carbocycles. The molecule has 0 aromatic heterocycles. The van der Waals surface area contributed by atoms with Crippen LogP contribution >= 0.6 is 0 Å². The Hall–Kier alpha value is -1.01. The molecule has 3 heteroatoms. The zero-order valence-electron chi connectivity index (χ0n) is 7.07. The van der Waals surface area contributed by atoms with E-state index in [0.29, 0.717) is 12.4 Å². The molecule has 0 rings (SSSR count). The maximum absolute atomic E-state index is 7.01. The predicted molar refractivity (Wildman–Crippen MR) is 47.4 cm³/mol. The van der Waals surface area contributed by atoms with Gasteiger partial charge < -0.3 is 11.1 Å². The van der Waals surface area contributed by atoms with E-state index in [4.69, 9.17) is 11.1 Å². The van der Waals surface area contributed by atoms with E-state index in [-0.39, 0.29) is 6.04 Å². The maximum atomic E-state index is 7.01. The average molecular weight is 153 g/mol. The molecular formula is C8H15N3. The summed E-state index contributed by atoms with van der Waals surface area (Å²) in [7, 11) is 0. The fourth-order valence-corrected chi connectivity index (χ4v) is 0.472. The topological polar surface area (TPSA) is 61.9 Å². The lowest BCUT2D eigenvalue weighted by molar-refractivity contribution is 0.770. The Morgan fingerprint density at radius 2 is 2.27 bits per heavy atom. The maximum Gasteiger partial charge on any atom is 0.0907 e. The quantitative estimate of drug-likeness (QED) is 0.304. The first-order valence-corrected chi connectivity index (χ1v) is 3.63. The number of hydrogen-bond acceptors (Lipinski definition) is 2. The van der Waals surface area contributed by atoms with E-state index in [9.17, 15) is 0 Å². The third-order valence-electron chi connectivity index (χ3n) is 0.991. The van der Waals surface area contributed by atoms with Gasteiger partial charge in [-0.3, -0.25) is 5.41 Å². The molecular weight excluding hydrogens is 138 g/mol. The summed E-state index contributed by atoms with van der Waals surface area (Å²) in [5, 5.41) is 9.80. The monoisotopic (exact) mass is 153 g/mol. The van der Waals surface area contributed by atoms with Gasteiger partial charge in [0.15, 0.2) is 0 Å². The zero-order valence-corrected chi connectivity index (χ0v) is 7.07. The Balaban J connectivity index is 3.33. The van der Waals surface area contributed by atoms with Crippen molar-refractivity contribution in [3.63, 3.8) is 0 Å². The van der Waals surface area contributed by atoms with Crippen molar-refractivity contribution in [2.75, 3.05) is 6.54 Å². The van der Waals surface area contributed by atoms with Crippen molar-refractivity contribution in [2.24, 2.45) is 5.73 Å². The van der Waals surface area contributed by atoms with Gasteiger partial charge >= 0.3 is 0 Å². The molecule has 11 heavy (non-hydrogen) atoms. The standard InChI is InChI=1S/C8H15N3/c1-7(9)5-3-4-6-11-8(2)10/h7H,5-6,9H2,1-2H3,(H2,10,11). The van der Waals surface area contributed by atoms with Gasteiger partial charge in [0.25, 0.3) is 0 Å². The number of amidine groups is 1. The lowest BCUT2D eigenvalue weighted by Gasteiger charge is -1.96. The van der Waals surface area contributed by atoms with Crippen LogP contribution < -0.4 is 11.1 Å². The van der Waals surface area contributed by atoms with Gasteiger partial charge in [0.2, 0.25) is 0 Å². The molecule has 0 aromatic rings. The van der Waals surface area contributed by atoms with Crippen LogP contribution in [0, 0.1) is 17.3 Å². The highest BCUT2D eigenvalue weighted by molar-refractivity contribution is 5.76. The van der Waals surface area contributed by atoms with E-state index in [1.54, 1.807) is 6.92 Å². The molecule has 1 unspecified atom stereocenters. The minimum atomic E-state index is 0.142. The highest BCUT2D eigenvalue weighted by atomic mass is 14.9. The summed E-state index contributed by atoms with van der Waals surface area (Å²) in [6, 6.07) is 0.142. The molecule has 0 spiro atoms. The van der Waals surface area contributed by atoms with Gasteiger partial charge in [-0.2, -0.15) is 0 Å². The highest BCUT2D eigenvalue weighted by Gasteiger charge is 1.85. The summed E-state index contributed by atoms with van der Waals surface area (Å²) < 4.78 is 0. The number of hydrogen-bond donors (Lipinski definition) is 3. The Bertz CT molecular complexity index is 174. The van der Waals surface area contributed by atoms with Gasteiger partial charge in [0.1, 0.15) is 0 Å². The second kappa shape index (κ2) is 5.75. The minimum absolute atomic E-state index is 0.142. The van der Waals surface area contributed by atoms with Crippen LogP contribution in [0.5, 0.6) is 0 Å². The summed E-state index contributed by atoms with van der Waals surface area (Å²) in [4.78, 5) is 0. The first kappa shape index (κ1) is 9.99. The summed E-state index contributed by atoms with van der Waals surface area (Å²) in [6.45, 7) is 4.15. The SMILES string of the molecule is CC(=N)NCC#CCC(C)N. The second-order valence-electron chi connectivity index (χ2n) is 2.51. The molecule has 0 fully saturated rings. The lowest BCUT2D eigenvalue weighted by atomic mass is 10.2. The summed E-state index contributed by atoms with van der Waals surface area (Å²) in [5.41, 5.74) is 5.47. The predicted octanol–water partition coefficient (Wildman–Crippen LogP) is 0.314. The van der Waals surface area contributed by atoms with Gasteiger partial charge in [-0.25, -0.2) is 0 Å². The van der Waals surface area contributed by atoms with Crippen LogP contribution in [0.4, 0.5) is 0 Å². The van der Waals surface area contributed by atoms with Gasteiger partial charge in [-0.15, -0.1) is 0 Å². The van der Waals surface area contributed by atoms with Crippen molar-refractivity contribution in [2.45, 2.75) is 26.3 Å². The molecule has 0 bridgehead atoms. The van der Waals surface area contributed by atoms with Crippen LogP contribution in [0.15, 0.2) is 0 Å². The van der Waals surface area contributed by atoms with Crippen LogP contribution in [0.25, 0.3) is 0 Å². The van der Waals surface area contributed by atoms with Crippen LogP contribution in [0.1, 0.15) is 20.3 Å². The summed E-state index contributed by atoms with van der Waals surface area (Å²) in [6.07, 6.45) is 0.721. The number of nitrogens with two attached hydrogens (primary N) is 1. The van der Waals surface area contributed by atoms with Crippen LogP contribution in [0.3, 0.4) is 0 Å². The van der Waals surface area contributed by atoms with E-state index in [0.717, 1.165) is 6.42 Å². The Labute approximate surface area is 67.9 Å². The third-order valence-corrected chi connectivity index (χ3v) is 0.991. The van der Waals surface area contributed by atoms with Gasteiger partial charge in [0, 0.05) is 12.5 Å². The van der Waals surface area contributed by atoms with Gasteiger partial charge in [-0.1, -0.05) is 11.8 Å². The first-order valence-electron chi connectivity index (χ1n) is 3.63. The van der Waals surface area contributed by atoms with Gasteiger partial charge in [-0.05, 0) is 13.8 Å². The Kier molecular flexibility index (Phi) is 5.22. The molecule has 0 radical (unpaired) electrons. The van der Waals surface area contributed by atoms with Crippen molar-refractivity contribution in [1.29, 1.82) is 5.41 Å². The fraction of sp³-hybridized carbons (Fsp3) is 0.625. The third kappa shape index (κ3) is 8.99. The van der Waals surface area contributed by atoms with Crippen LogP contribution in [-0.2, 0) is 0 Å². The second-order valence-corrected chi connectivity index (χ2v) is 2.51. The van der Waals surface area contributed by atoms with E-state index in [1.807, 2.05) is 6.92 Å². The average Bonchev–Trinajstić information content (AvgIpc) is 1.85. The minimum Gasteiger partial charge on any atom is -0.363 e. The van der Waals surface area contributed by atoms with E-state index >= 15 is 0 Å². The molecule has 4 N–H and O–H groups in total. The van der Waals surface area contributed by atoms with Crippen molar-refractivity contribution in [1.82, 2.24) is 5.32 Å². The molecule has 0 aliphatic rings. The summed E-state index contributed by atoms with van der Waals surface area (Å²) >= 11 is 0. The molecule has 3 nitrogen and oxygen atoms in total. The molecule has 62 valence electrons. The van der Waals surface area contributed by atoms with Crippen LogP contribution in [0.2, 0.25) is 0 Å². The highest BCUT2D eigenvalue weighted by Crippen LogP contribution is 1.79. The molecule has 0 amide bonds. The van der Waals surface area contributed by atoms with Crippen LogP contribution in [-0.4, -0.2) is 18.4 Å². The fourth-order valence-electron chi connectivity index (χ4n) is 0.472.